The summed E-state index contributed by atoms with van der Waals surface area (Å²) < 4.78 is 5.61. The molecule has 3 rings (SSSR count). The fraction of sp³-hybridized carbons (Fsp3) is 0.250. The number of hydrogen-bond donors (Lipinski definition) is 1. The molecule has 0 radical (unpaired) electrons. The molecule has 0 spiro atoms. The van der Waals surface area contributed by atoms with Gasteiger partial charge in [0.15, 0.2) is 0 Å². The van der Waals surface area contributed by atoms with E-state index in [1.54, 1.807) is 6.07 Å². The van der Waals surface area contributed by atoms with E-state index in [0.717, 1.165) is 13.1 Å². The number of rotatable bonds is 4. The molecular weight excluding hydrogens is 328 g/mol. The van der Waals surface area contributed by atoms with Crippen molar-refractivity contribution < 1.29 is 9.53 Å². The molecule has 1 aliphatic rings. The van der Waals surface area contributed by atoms with Gasteiger partial charge in [-0.25, -0.2) is 0 Å². The van der Waals surface area contributed by atoms with Crippen LogP contribution in [0.2, 0.25) is 0 Å². The first-order valence-electron chi connectivity index (χ1n) is 8.32. The van der Waals surface area contributed by atoms with Gasteiger partial charge in [0.05, 0.1) is 17.7 Å². The van der Waals surface area contributed by atoms with Crippen LogP contribution in [0, 0.1) is 22.7 Å². The van der Waals surface area contributed by atoms with Gasteiger partial charge in [-0.15, -0.1) is 0 Å². The van der Waals surface area contributed by atoms with Crippen LogP contribution < -0.4 is 5.32 Å². The highest BCUT2D eigenvalue weighted by Gasteiger charge is 2.26. The first-order valence-corrected chi connectivity index (χ1v) is 8.32. The third kappa shape index (κ3) is 4.25. The average molecular weight is 346 g/mol. The van der Waals surface area contributed by atoms with Crippen molar-refractivity contribution in [2.75, 3.05) is 25.0 Å². The van der Waals surface area contributed by atoms with Crippen molar-refractivity contribution in [1.82, 2.24) is 4.90 Å². The fourth-order valence-corrected chi connectivity index (χ4v) is 2.88. The van der Waals surface area contributed by atoms with Crippen molar-refractivity contribution >= 4 is 11.6 Å². The molecule has 0 saturated carbocycles. The number of amides is 1. The molecule has 1 amide bonds. The second kappa shape index (κ2) is 8.26. The Hall–Kier alpha value is -3.19. The Bertz CT molecular complexity index is 868. The van der Waals surface area contributed by atoms with E-state index in [9.17, 15) is 4.79 Å². The molecule has 0 bridgehead atoms. The Labute approximate surface area is 152 Å². The molecule has 1 atom stereocenters. The molecule has 6 heteroatoms. The van der Waals surface area contributed by atoms with Gasteiger partial charge in [-0.2, -0.15) is 10.5 Å². The van der Waals surface area contributed by atoms with Crippen molar-refractivity contribution in [3.05, 3.63) is 65.2 Å². The standard InChI is InChI=1S/C20H18N4O2/c21-11-16-6-7-18(10-17(16)12-22)23-20(25)19-14-24(8-9-26-19)13-15-4-2-1-3-5-15/h1-7,10,19H,8-9,13-14H2,(H,23,25). The van der Waals surface area contributed by atoms with Crippen LogP contribution in [0.4, 0.5) is 5.69 Å². The lowest BCUT2D eigenvalue weighted by Crippen LogP contribution is -2.47. The van der Waals surface area contributed by atoms with Crippen molar-refractivity contribution in [3.63, 3.8) is 0 Å². The highest BCUT2D eigenvalue weighted by Crippen LogP contribution is 2.17. The number of morpholine rings is 1. The molecule has 1 aliphatic heterocycles. The maximum absolute atomic E-state index is 12.5. The van der Waals surface area contributed by atoms with E-state index in [1.807, 2.05) is 30.3 Å². The van der Waals surface area contributed by atoms with Crippen molar-refractivity contribution in [2.24, 2.45) is 0 Å². The Morgan fingerprint density at radius 2 is 1.92 bits per heavy atom. The molecule has 1 fully saturated rings. The van der Waals surface area contributed by atoms with Gasteiger partial charge in [0.2, 0.25) is 0 Å². The van der Waals surface area contributed by atoms with Gasteiger partial charge in [-0.05, 0) is 23.8 Å². The van der Waals surface area contributed by atoms with Crippen molar-refractivity contribution in [2.45, 2.75) is 12.6 Å². The Morgan fingerprint density at radius 1 is 1.15 bits per heavy atom. The van der Waals surface area contributed by atoms with Crippen LogP contribution in [0.25, 0.3) is 0 Å². The second-order valence-electron chi connectivity index (χ2n) is 6.05. The number of nitriles is 2. The number of nitrogens with one attached hydrogen (secondary N) is 1. The minimum atomic E-state index is -0.575. The van der Waals surface area contributed by atoms with Crippen LogP contribution in [0.1, 0.15) is 16.7 Å². The Balaban J connectivity index is 1.63. The van der Waals surface area contributed by atoms with E-state index in [-0.39, 0.29) is 17.0 Å². The van der Waals surface area contributed by atoms with E-state index in [0.29, 0.717) is 18.8 Å². The largest absolute Gasteiger partial charge is 0.366 e. The average Bonchev–Trinajstić information content (AvgIpc) is 2.69. The minimum Gasteiger partial charge on any atom is -0.366 e. The first-order chi connectivity index (χ1) is 12.7. The van der Waals surface area contributed by atoms with Crippen LogP contribution in [-0.4, -0.2) is 36.6 Å². The van der Waals surface area contributed by atoms with E-state index >= 15 is 0 Å². The smallest absolute Gasteiger partial charge is 0.254 e. The quantitative estimate of drug-likeness (QED) is 0.917. The predicted octanol–water partition coefficient (Wildman–Crippen LogP) is 2.27. The molecule has 6 nitrogen and oxygen atoms in total. The van der Waals surface area contributed by atoms with E-state index in [2.05, 4.69) is 22.3 Å². The van der Waals surface area contributed by atoms with E-state index < -0.39 is 6.10 Å². The van der Waals surface area contributed by atoms with Gasteiger partial charge in [-0.3, -0.25) is 9.69 Å². The summed E-state index contributed by atoms with van der Waals surface area (Å²) in [6.07, 6.45) is -0.575. The molecule has 130 valence electrons. The molecular formula is C20H18N4O2. The number of nitrogens with zero attached hydrogens (tertiary/aromatic N) is 3. The molecule has 1 unspecified atom stereocenters. The molecule has 1 heterocycles. The molecule has 0 aromatic heterocycles. The summed E-state index contributed by atoms with van der Waals surface area (Å²) in [5.41, 5.74) is 2.20. The monoisotopic (exact) mass is 346 g/mol. The lowest BCUT2D eigenvalue weighted by atomic mass is 10.1. The van der Waals surface area contributed by atoms with E-state index in [1.165, 1.54) is 17.7 Å². The van der Waals surface area contributed by atoms with Crippen molar-refractivity contribution in [1.29, 1.82) is 10.5 Å². The summed E-state index contributed by atoms with van der Waals surface area (Å²) in [4.78, 5) is 14.7. The van der Waals surface area contributed by atoms with Gasteiger partial charge < -0.3 is 10.1 Å². The van der Waals surface area contributed by atoms with Crippen LogP contribution in [0.5, 0.6) is 0 Å². The fourth-order valence-electron chi connectivity index (χ4n) is 2.88. The summed E-state index contributed by atoms with van der Waals surface area (Å²) in [5, 5.41) is 20.8. The highest BCUT2D eigenvalue weighted by atomic mass is 16.5. The number of benzene rings is 2. The molecule has 2 aromatic rings. The van der Waals surface area contributed by atoms with Crippen molar-refractivity contribution in [3.8, 4) is 12.1 Å². The summed E-state index contributed by atoms with van der Waals surface area (Å²) >= 11 is 0. The maximum Gasteiger partial charge on any atom is 0.254 e. The molecule has 2 aromatic carbocycles. The molecule has 26 heavy (non-hydrogen) atoms. The molecule has 0 aliphatic carbocycles. The van der Waals surface area contributed by atoms with E-state index in [4.69, 9.17) is 15.3 Å². The topological polar surface area (TPSA) is 89.2 Å². The summed E-state index contributed by atoms with van der Waals surface area (Å²) in [7, 11) is 0. The third-order valence-electron chi connectivity index (χ3n) is 4.22. The van der Waals surface area contributed by atoms with Gasteiger partial charge in [0.25, 0.3) is 5.91 Å². The summed E-state index contributed by atoms with van der Waals surface area (Å²) in [5.74, 6) is -0.253. The zero-order valence-electron chi connectivity index (χ0n) is 14.2. The zero-order chi connectivity index (χ0) is 18.4. The lowest BCUT2D eigenvalue weighted by Gasteiger charge is -2.32. The van der Waals surface area contributed by atoms with Crippen LogP contribution in [0.15, 0.2) is 48.5 Å². The Morgan fingerprint density at radius 3 is 2.65 bits per heavy atom. The summed E-state index contributed by atoms with van der Waals surface area (Å²) in [6.45, 7) is 2.53. The molecule has 1 saturated heterocycles. The Kier molecular flexibility index (Phi) is 5.60. The SMILES string of the molecule is N#Cc1ccc(NC(=O)C2CN(Cc3ccccc3)CCO2)cc1C#N. The molecule has 1 N–H and O–H groups in total. The number of hydrogen-bond acceptors (Lipinski definition) is 5. The van der Waals surface area contributed by atoms with Gasteiger partial charge in [-0.1, -0.05) is 30.3 Å². The van der Waals surface area contributed by atoms with Crippen LogP contribution in [-0.2, 0) is 16.1 Å². The highest BCUT2D eigenvalue weighted by molar-refractivity contribution is 5.94. The predicted molar refractivity (Wildman–Crippen MR) is 96.0 cm³/mol. The lowest BCUT2D eigenvalue weighted by molar-refractivity contribution is -0.133. The zero-order valence-corrected chi connectivity index (χ0v) is 14.2. The maximum atomic E-state index is 12.5. The third-order valence-corrected chi connectivity index (χ3v) is 4.22. The number of anilines is 1. The van der Waals surface area contributed by atoms with Crippen LogP contribution >= 0.6 is 0 Å². The number of carbonyl (C=O) groups excluding carboxylic acids is 1. The van der Waals surface area contributed by atoms with Crippen LogP contribution in [0.3, 0.4) is 0 Å². The second-order valence-corrected chi connectivity index (χ2v) is 6.05. The number of ether oxygens (including phenoxy) is 1. The first kappa shape index (κ1) is 17.6. The van der Waals surface area contributed by atoms with Gasteiger partial charge in [0.1, 0.15) is 18.2 Å². The van der Waals surface area contributed by atoms with Gasteiger partial charge >= 0.3 is 0 Å². The normalized spacial score (nSPS) is 17.1. The number of carbonyl (C=O) groups is 1. The summed E-state index contributed by atoms with van der Waals surface area (Å²) in [6, 6.07) is 18.6. The van der Waals surface area contributed by atoms with Gasteiger partial charge in [0, 0.05) is 25.3 Å². The minimum absolute atomic E-state index is 0.237.